The van der Waals surface area contributed by atoms with Gasteiger partial charge in [-0.1, -0.05) is 12.1 Å². The molecule has 0 radical (unpaired) electrons. The third-order valence-electron chi connectivity index (χ3n) is 2.78. The molecule has 0 aromatic heterocycles. The van der Waals surface area contributed by atoms with Gasteiger partial charge < -0.3 is 10.5 Å². The summed E-state index contributed by atoms with van der Waals surface area (Å²) in [6, 6.07) is 8.86. The van der Waals surface area contributed by atoms with Crippen molar-refractivity contribution in [3.63, 3.8) is 0 Å². The first-order chi connectivity index (χ1) is 8.61. The lowest BCUT2D eigenvalue weighted by atomic mass is 10.0. The molecule has 2 aromatic rings. The van der Waals surface area contributed by atoms with Crippen LogP contribution in [0.1, 0.15) is 11.1 Å². The van der Waals surface area contributed by atoms with Crippen LogP contribution in [0.4, 0.5) is 14.5 Å². The van der Waals surface area contributed by atoms with Crippen molar-refractivity contribution in [1.82, 2.24) is 0 Å². The second-order valence-corrected chi connectivity index (χ2v) is 3.94. The van der Waals surface area contributed by atoms with Crippen LogP contribution in [0, 0.1) is 11.6 Å². The number of nitrogens with two attached hydrogens (primary N) is 1. The largest absolute Gasteiger partial charge is 0.497 e. The van der Waals surface area contributed by atoms with Crippen molar-refractivity contribution in [3.8, 4) is 5.75 Å². The van der Waals surface area contributed by atoms with E-state index >= 15 is 0 Å². The van der Waals surface area contributed by atoms with E-state index in [0.29, 0.717) is 17.0 Å². The standard InChI is InChI=1S/C14H13F2NO/c1-18-10-6-5-9(14(17)8-10)7-11-12(15)3-2-4-13(11)16/h2-6,8H,7,17H2,1H3. The van der Waals surface area contributed by atoms with E-state index in [9.17, 15) is 8.78 Å². The van der Waals surface area contributed by atoms with Crippen LogP contribution in [0.5, 0.6) is 5.75 Å². The van der Waals surface area contributed by atoms with E-state index in [-0.39, 0.29) is 12.0 Å². The van der Waals surface area contributed by atoms with Crippen LogP contribution in [0.15, 0.2) is 36.4 Å². The Morgan fingerprint density at radius 3 is 2.33 bits per heavy atom. The minimum absolute atomic E-state index is 0.0226. The van der Waals surface area contributed by atoms with Crippen LogP contribution < -0.4 is 10.5 Å². The highest BCUT2D eigenvalue weighted by Crippen LogP contribution is 2.24. The molecule has 2 nitrogen and oxygen atoms in total. The molecule has 0 heterocycles. The molecule has 94 valence electrons. The van der Waals surface area contributed by atoms with Gasteiger partial charge in [0.2, 0.25) is 0 Å². The molecular formula is C14H13F2NO. The van der Waals surface area contributed by atoms with Gasteiger partial charge in [0.15, 0.2) is 0 Å². The number of rotatable bonds is 3. The van der Waals surface area contributed by atoms with Crippen LogP contribution >= 0.6 is 0 Å². The molecule has 0 spiro atoms. The monoisotopic (exact) mass is 249 g/mol. The number of ether oxygens (including phenoxy) is 1. The molecule has 0 fully saturated rings. The van der Waals surface area contributed by atoms with Gasteiger partial charge in [-0.25, -0.2) is 8.78 Å². The van der Waals surface area contributed by atoms with Crippen LogP contribution in [-0.2, 0) is 6.42 Å². The summed E-state index contributed by atoms with van der Waals surface area (Å²) >= 11 is 0. The number of benzene rings is 2. The maximum atomic E-state index is 13.5. The summed E-state index contributed by atoms with van der Waals surface area (Å²) in [4.78, 5) is 0. The summed E-state index contributed by atoms with van der Waals surface area (Å²) in [6.07, 6.45) is 0.119. The second kappa shape index (κ2) is 5.04. The van der Waals surface area contributed by atoms with Gasteiger partial charge in [0.1, 0.15) is 17.4 Å². The highest BCUT2D eigenvalue weighted by Gasteiger charge is 2.11. The first-order valence-electron chi connectivity index (χ1n) is 5.47. The lowest BCUT2D eigenvalue weighted by Crippen LogP contribution is -2.01. The number of nitrogen functional groups attached to an aromatic ring is 1. The van der Waals surface area contributed by atoms with Gasteiger partial charge in [0.25, 0.3) is 0 Å². The Hall–Kier alpha value is -2.10. The molecule has 0 aliphatic carbocycles. The fourth-order valence-corrected chi connectivity index (χ4v) is 1.75. The predicted molar refractivity (Wildman–Crippen MR) is 66.6 cm³/mol. The molecule has 0 saturated heterocycles. The van der Waals surface area contributed by atoms with E-state index in [1.165, 1.54) is 25.3 Å². The van der Waals surface area contributed by atoms with Gasteiger partial charge in [-0.05, 0) is 23.8 Å². The van der Waals surface area contributed by atoms with Gasteiger partial charge in [0, 0.05) is 23.7 Å². The van der Waals surface area contributed by atoms with E-state index in [0.717, 1.165) is 0 Å². The molecule has 0 unspecified atom stereocenters. The van der Waals surface area contributed by atoms with Crippen molar-refractivity contribution < 1.29 is 13.5 Å². The third-order valence-corrected chi connectivity index (χ3v) is 2.78. The normalized spacial score (nSPS) is 10.4. The average Bonchev–Trinajstić information content (AvgIpc) is 2.35. The smallest absolute Gasteiger partial charge is 0.129 e. The minimum atomic E-state index is -0.565. The number of hydrogen-bond acceptors (Lipinski definition) is 2. The molecule has 0 aliphatic rings. The maximum Gasteiger partial charge on any atom is 0.129 e. The maximum absolute atomic E-state index is 13.5. The zero-order chi connectivity index (χ0) is 13.1. The Morgan fingerprint density at radius 1 is 1.11 bits per heavy atom. The summed E-state index contributed by atoms with van der Waals surface area (Å²) < 4.78 is 32.0. The number of anilines is 1. The first-order valence-corrected chi connectivity index (χ1v) is 5.47. The van der Waals surface area contributed by atoms with E-state index < -0.39 is 11.6 Å². The molecule has 0 saturated carbocycles. The van der Waals surface area contributed by atoms with Gasteiger partial charge in [-0.3, -0.25) is 0 Å². The highest BCUT2D eigenvalue weighted by atomic mass is 19.1. The molecule has 0 atom stereocenters. The van der Waals surface area contributed by atoms with Crippen molar-refractivity contribution in [1.29, 1.82) is 0 Å². The summed E-state index contributed by atoms with van der Waals surface area (Å²) in [5.74, 6) is -0.513. The van der Waals surface area contributed by atoms with Crippen molar-refractivity contribution in [2.45, 2.75) is 6.42 Å². The fourth-order valence-electron chi connectivity index (χ4n) is 1.75. The molecule has 0 aliphatic heterocycles. The molecule has 4 heteroatoms. The lowest BCUT2D eigenvalue weighted by Gasteiger charge is -2.09. The Balaban J connectivity index is 2.34. The summed E-state index contributed by atoms with van der Waals surface area (Å²) in [6.45, 7) is 0. The predicted octanol–water partition coefficient (Wildman–Crippen LogP) is 3.15. The second-order valence-electron chi connectivity index (χ2n) is 3.94. The van der Waals surface area contributed by atoms with Gasteiger partial charge in [0.05, 0.1) is 7.11 Å². The summed E-state index contributed by atoms with van der Waals surface area (Å²) in [5.41, 5.74) is 6.96. The fraction of sp³-hybridized carbons (Fsp3) is 0.143. The van der Waals surface area contributed by atoms with Gasteiger partial charge >= 0.3 is 0 Å². The van der Waals surface area contributed by atoms with E-state index in [1.807, 2.05) is 0 Å². The molecule has 18 heavy (non-hydrogen) atoms. The number of halogens is 2. The van der Waals surface area contributed by atoms with Crippen molar-refractivity contribution >= 4 is 5.69 Å². The van der Waals surface area contributed by atoms with Gasteiger partial charge in [-0.15, -0.1) is 0 Å². The average molecular weight is 249 g/mol. The number of hydrogen-bond donors (Lipinski definition) is 1. The van der Waals surface area contributed by atoms with Crippen LogP contribution in [-0.4, -0.2) is 7.11 Å². The lowest BCUT2D eigenvalue weighted by molar-refractivity contribution is 0.415. The third kappa shape index (κ3) is 2.42. The van der Waals surface area contributed by atoms with Crippen molar-refractivity contribution in [3.05, 3.63) is 59.2 Å². The highest BCUT2D eigenvalue weighted by molar-refractivity contribution is 5.53. The molecule has 2 rings (SSSR count). The molecule has 0 bridgehead atoms. The summed E-state index contributed by atoms with van der Waals surface area (Å²) in [5, 5.41) is 0. The van der Waals surface area contributed by atoms with Crippen LogP contribution in [0.25, 0.3) is 0 Å². The molecule has 0 amide bonds. The topological polar surface area (TPSA) is 35.2 Å². The Kier molecular flexibility index (Phi) is 3.46. The SMILES string of the molecule is COc1ccc(Cc2c(F)cccc2F)c(N)c1. The van der Waals surface area contributed by atoms with E-state index in [4.69, 9.17) is 10.5 Å². The minimum Gasteiger partial charge on any atom is -0.497 e. The quantitative estimate of drug-likeness (QED) is 0.848. The first kappa shape index (κ1) is 12.4. The van der Waals surface area contributed by atoms with E-state index in [2.05, 4.69) is 0 Å². The zero-order valence-electron chi connectivity index (χ0n) is 9.91. The van der Waals surface area contributed by atoms with Crippen molar-refractivity contribution in [2.24, 2.45) is 0 Å². The van der Waals surface area contributed by atoms with Crippen LogP contribution in [0.2, 0.25) is 0 Å². The Labute approximate surface area is 104 Å². The zero-order valence-corrected chi connectivity index (χ0v) is 9.91. The van der Waals surface area contributed by atoms with Crippen LogP contribution in [0.3, 0.4) is 0 Å². The Bertz CT molecular complexity index is 549. The van der Waals surface area contributed by atoms with Gasteiger partial charge in [-0.2, -0.15) is 0 Å². The Morgan fingerprint density at radius 2 is 1.78 bits per heavy atom. The molecule has 2 N–H and O–H groups in total. The molecular weight excluding hydrogens is 236 g/mol. The number of methoxy groups -OCH3 is 1. The van der Waals surface area contributed by atoms with E-state index in [1.54, 1.807) is 18.2 Å². The molecule has 2 aromatic carbocycles. The van der Waals surface area contributed by atoms with Crippen molar-refractivity contribution in [2.75, 3.05) is 12.8 Å². The summed E-state index contributed by atoms with van der Waals surface area (Å²) in [7, 11) is 1.53.